The molecule has 1 fully saturated rings. The first-order valence-electron chi connectivity index (χ1n) is 11.4. The number of amides is 2. The van der Waals surface area contributed by atoms with Crippen molar-refractivity contribution in [1.29, 1.82) is 0 Å². The lowest BCUT2D eigenvalue weighted by Crippen LogP contribution is -2.46. The van der Waals surface area contributed by atoms with Gasteiger partial charge in [0, 0.05) is 24.0 Å². The Morgan fingerprint density at radius 3 is 2.31 bits per heavy atom. The van der Waals surface area contributed by atoms with Gasteiger partial charge < -0.3 is 9.88 Å². The highest BCUT2D eigenvalue weighted by atomic mass is 32.2. The summed E-state index contributed by atoms with van der Waals surface area (Å²) in [6.07, 6.45) is 4.16. The molecule has 0 saturated heterocycles. The molecule has 0 radical (unpaired) electrons. The normalized spacial score (nSPS) is 19.2. The summed E-state index contributed by atoms with van der Waals surface area (Å²) in [5, 5.41) is 2.98. The maximum atomic E-state index is 13.1. The minimum absolute atomic E-state index is 0.0548. The van der Waals surface area contributed by atoms with Gasteiger partial charge in [-0.3, -0.25) is 0 Å². The molecule has 0 aliphatic heterocycles. The van der Waals surface area contributed by atoms with Crippen LogP contribution >= 0.6 is 0 Å². The van der Waals surface area contributed by atoms with Gasteiger partial charge in [0.25, 0.3) is 10.0 Å². The summed E-state index contributed by atoms with van der Waals surface area (Å²) in [6.45, 7) is 3.71. The van der Waals surface area contributed by atoms with Gasteiger partial charge in [0.05, 0.1) is 4.90 Å². The van der Waals surface area contributed by atoms with Crippen LogP contribution in [0.15, 0.2) is 96.2 Å². The van der Waals surface area contributed by atoms with Crippen molar-refractivity contribution in [3.05, 3.63) is 114 Å². The van der Waals surface area contributed by atoms with Crippen molar-refractivity contribution in [3.63, 3.8) is 0 Å². The first-order valence-corrected chi connectivity index (χ1v) is 12.9. The quantitative estimate of drug-likeness (QED) is 0.418. The summed E-state index contributed by atoms with van der Waals surface area (Å²) in [7, 11) is -4.04. The minimum atomic E-state index is -4.04. The molecule has 35 heavy (non-hydrogen) atoms. The van der Waals surface area contributed by atoms with Crippen LogP contribution in [-0.4, -0.2) is 24.0 Å². The predicted molar refractivity (Wildman–Crippen MR) is 134 cm³/mol. The van der Waals surface area contributed by atoms with Crippen molar-refractivity contribution in [3.8, 4) is 5.69 Å². The smallest absolute Gasteiger partial charge is 0.324 e. The Balaban J connectivity index is 1.51. The number of benzene rings is 3. The van der Waals surface area contributed by atoms with Crippen LogP contribution in [0.5, 0.6) is 0 Å². The van der Waals surface area contributed by atoms with E-state index in [1.807, 2.05) is 72.3 Å². The van der Waals surface area contributed by atoms with Crippen LogP contribution < -0.4 is 10.0 Å². The van der Waals surface area contributed by atoms with Crippen molar-refractivity contribution < 1.29 is 13.2 Å². The molecule has 4 aromatic rings. The standard InChI is InChI=1S/C27H26N4O3S/c1-19-10-6-8-14-23(19)31-17-16-28-25(31)27(18-22(27)21-12-4-3-5-13-21)29-26(32)30-35(33,34)24-15-9-7-11-20(24)2/h3-17,22H,18H2,1-2H3,(H2,29,30,32)/t22-,27?/m1/s1. The summed E-state index contributed by atoms with van der Waals surface area (Å²) in [5.41, 5.74) is 2.76. The first kappa shape index (κ1) is 22.9. The average Bonchev–Trinajstić information content (AvgIpc) is 3.33. The Hall–Kier alpha value is -3.91. The zero-order chi connectivity index (χ0) is 24.6. The van der Waals surface area contributed by atoms with Crippen molar-refractivity contribution in [2.45, 2.75) is 36.6 Å². The molecule has 178 valence electrons. The van der Waals surface area contributed by atoms with Crippen LogP contribution in [0.2, 0.25) is 0 Å². The van der Waals surface area contributed by atoms with Gasteiger partial charge in [0.1, 0.15) is 11.4 Å². The fourth-order valence-corrected chi connectivity index (χ4v) is 5.87. The fourth-order valence-electron chi connectivity index (χ4n) is 4.72. The molecule has 5 rings (SSSR count). The van der Waals surface area contributed by atoms with Crippen LogP contribution in [0.3, 0.4) is 0 Å². The molecular weight excluding hydrogens is 460 g/mol. The number of aryl methyl sites for hydroxylation is 2. The van der Waals surface area contributed by atoms with Gasteiger partial charge >= 0.3 is 6.03 Å². The summed E-state index contributed by atoms with van der Waals surface area (Å²) in [6, 6.07) is 23.6. The van der Waals surface area contributed by atoms with Crippen LogP contribution in [0.4, 0.5) is 4.79 Å². The summed E-state index contributed by atoms with van der Waals surface area (Å²) < 4.78 is 30.1. The fraction of sp³-hybridized carbons (Fsp3) is 0.185. The topological polar surface area (TPSA) is 93.1 Å². The van der Waals surface area contributed by atoms with Gasteiger partial charge in [-0.1, -0.05) is 66.7 Å². The zero-order valence-electron chi connectivity index (χ0n) is 19.5. The Morgan fingerprint density at radius 1 is 0.943 bits per heavy atom. The number of hydrogen-bond donors (Lipinski definition) is 2. The number of imidazole rings is 1. The van der Waals surface area contributed by atoms with E-state index in [-0.39, 0.29) is 10.8 Å². The Morgan fingerprint density at radius 2 is 1.60 bits per heavy atom. The van der Waals surface area contributed by atoms with Crippen molar-refractivity contribution >= 4 is 16.1 Å². The van der Waals surface area contributed by atoms with Gasteiger partial charge in [-0.05, 0) is 49.1 Å². The summed E-state index contributed by atoms with van der Waals surface area (Å²) in [5.74, 6) is 0.602. The Kier molecular flexibility index (Phi) is 5.68. The van der Waals surface area contributed by atoms with E-state index >= 15 is 0 Å². The maximum Gasteiger partial charge on any atom is 0.329 e. The molecule has 0 bridgehead atoms. The third-order valence-electron chi connectivity index (χ3n) is 6.52. The highest BCUT2D eigenvalue weighted by Gasteiger charge is 2.60. The van der Waals surface area contributed by atoms with E-state index < -0.39 is 21.6 Å². The summed E-state index contributed by atoms with van der Waals surface area (Å²) in [4.78, 5) is 17.9. The molecule has 0 spiro atoms. The first-order chi connectivity index (χ1) is 16.8. The highest BCUT2D eigenvalue weighted by Crippen LogP contribution is 2.58. The van der Waals surface area contributed by atoms with E-state index in [2.05, 4.69) is 15.0 Å². The zero-order valence-corrected chi connectivity index (χ0v) is 20.3. The predicted octanol–water partition coefficient (Wildman–Crippen LogP) is 4.56. The number of aromatic nitrogens is 2. The Bertz CT molecular complexity index is 1500. The molecule has 1 heterocycles. The third kappa shape index (κ3) is 4.21. The van der Waals surface area contributed by atoms with Gasteiger partial charge in [0.2, 0.25) is 0 Å². The van der Waals surface area contributed by atoms with Crippen LogP contribution in [0.1, 0.15) is 34.9 Å². The summed E-state index contributed by atoms with van der Waals surface area (Å²) >= 11 is 0. The second-order valence-corrected chi connectivity index (χ2v) is 10.5. The lowest BCUT2D eigenvalue weighted by molar-refractivity contribution is 0.239. The number of carbonyl (C=O) groups is 1. The van der Waals surface area contributed by atoms with Crippen LogP contribution in [-0.2, 0) is 15.6 Å². The molecule has 1 aliphatic carbocycles. The van der Waals surface area contributed by atoms with E-state index in [0.29, 0.717) is 17.8 Å². The second-order valence-electron chi connectivity index (χ2n) is 8.87. The number of nitrogens with zero attached hydrogens (tertiary/aromatic N) is 2. The number of sulfonamides is 1. The molecule has 1 aromatic heterocycles. The van der Waals surface area contributed by atoms with E-state index in [1.165, 1.54) is 6.07 Å². The number of hydrogen-bond acceptors (Lipinski definition) is 4. The maximum absolute atomic E-state index is 13.1. The van der Waals surface area contributed by atoms with E-state index in [1.54, 1.807) is 31.3 Å². The van der Waals surface area contributed by atoms with Crippen molar-refractivity contribution in [1.82, 2.24) is 19.6 Å². The molecule has 2 atom stereocenters. The Labute approximate surface area is 204 Å². The van der Waals surface area contributed by atoms with Crippen LogP contribution in [0.25, 0.3) is 5.69 Å². The molecule has 7 nitrogen and oxygen atoms in total. The number of nitrogens with one attached hydrogen (secondary N) is 2. The third-order valence-corrected chi connectivity index (χ3v) is 8.02. The number of urea groups is 1. The molecule has 8 heteroatoms. The molecule has 1 aliphatic rings. The molecular formula is C27H26N4O3S. The molecule has 2 N–H and O–H groups in total. The highest BCUT2D eigenvalue weighted by molar-refractivity contribution is 7.90. The molecule has 3 aromatic carbocycles. The number of carbonyl (C=O) groups excluding carboxylic acids is 1. The van der Waals surface area contributed by atoms with Gasteiger partial charge in [-0.2, -0.15) is 0 Å². The lowest BCUT2D eigenvalue weighted by atomic mass is 10.0. The number of rotatable bonds is 6. The van der Waals surface area contributed by atoms with E-state index in [9.17, 15) is 13.2 Å². The molecule has 2 amide bonds. The van der Waals surface area contributed by atoms with Gasteiger partial charge in [-0.15, -0.1) is 0 Å². The van der Waals surface area contributed by atoms with Crippen molar-refractivity contribution in [2.75, 3.05) is 0 Å². The van der Waals surface area contributed by atoms with Gasteiger partial charge in [0.15, 0.2) is 0 Å². The van der Waals surface area contributed by atoms with E-state index in [4.69, 9.17) is 0 Å². The van der Waals surface area contributed by atoms with Crippen molar-refractivity contribution in [2.24, 2.45) is 0 Å². The lowest BCUT2D eigenvalue weighted by Gasteiger charge is -2.22. The van der Waals surface area contributed by atoms with E-state index in [0.717, 1.165) is 16.8 Å². The van der Waals surface area contributed by atoms with Gasteiger partial charge in [-0.25, -0.2) is 22.9 Å². The largest absolute Gasteiger partial charge is 0.329 e. The second kappa shape index (κ2) is 8.70. The van der Waals surface area contributed by atoms with Crippen LogP contribution in [0, 0.1) is 13.8 Å². The number of para-hydroxylation sites is 1. The molecule has 1 saturated carbocycles. The molecule has 1 unspecified atom stereocenters. The monoisotopic (exact) mass is 486 g/mol. The minimum Gasteiger partial charge on any atom is -0.324 e. The SMILES string of the molecule is Cc1ccccc1-n1ccnc1C1(NC(=O)NS(=O)(=O)c2ccccc2C)C[C@@H]1c1ccccc1. The average molecular weight is 487 g/mol.